The van der Waals surface area contributed by atoms with Crippen LogP contribution in [0.5, 0.6) is 0 Å². The number of rotatable bonds is 2. The Kier molecular flexibility index (Phi) is 3.47. The molecule has 1 aliphatic rings. The zero-order chi connectivity index (χ0) is 16.8. The van der Waals surface area contributed by atoms with Crippen molar-refractivity contribution >= 4 is 11.5 Å². The molecule has 0 fully saturated rings. The van der Waals surface area contributed by atoms with Crippen LogP contribution in [0.3, 0.4) is 0 Å². The Bertz CT molecular complexity index is 835. The zero-order valence-corrected chi connectivity index (χ0v) is 11.6. The molecule has 2 aromatic rings. The topological polar surface area (TPSA) is 37.3 Å². The van der Waals surface area contributed by atoms with E-state index < -0.39 is 23.5 Å². The lowest BCUT2D eigenvalue weighted by Crippen LogP contribution is -2.09. The summed E-state index contributed by atoms with van der Waals surface area (Å²) in [5.41, 5.74) is 0.388. The second-order valence-corrected chi connectivity index (χ2v) is 5.19. The van der Waals surface area contributed by atoms with Crippen molar-refractivity contribution in [1.82, 2.24) is 0 Å². The number of hydrogen-bond acceptors (Lipinski definition) is 1. The van der Waals surface area contributed by atoms with Gasteiger partial charge in [0.25, 0.3) is 0 Å². The van der Waals surface area contributed by atoms with Crippen LogP contribution in [-0.2, 0) is 12.6 Å². The molecule has 2 nitrogen and oxygen atoms in total. The lowest BCUT2D eigenvalue weighted by molar-refractivity contribution is -0.137. The van der Waals surface area contributed by atoms with Gasteiger partial charge in [0, 0.05) is 0 Å². The minimum absolute atomic E-state index is 0.0160. The summed E-state index contributed by atoms with van der Waals surface area (Å²) in [6.45, 7) is 0. The van der Waals surface area contributed by atoms with E-state index in [9.17, 15) is 27.5 Å². The van der Waals surface area contributed by atoms with E-state index in [0.717, 1.165) is 18.2 Å². The van der Waals surface area contributed by atoms with E-state index in [2.05, 4.69) is 0 Å². The maximum Gasteiger partial charge on any atom is 0.416 e. The lowest BCUT2D eigenvalue weighted by atomic mass is 9.93. The van der Waals surface area contributed by atoms with Crippen LogP contribution in [0.15, 0.2) is 42.5 Å². The summed E-state index contributed by atoms with van der Waals surface area (Å²) in [6.07, 6.45) is -2.61. The zero-order valence-electron chi connectivity index (χ0n) is 11.6. The van der Waals surface area contributed by atoms with Crippen molar-refractivity contribution in [3.8, 4) is 0 Å². The van der Waals surface area contributed by atoms with E-state index in [0.29, 0.717) is 23.1 Å². The second-order valence-electron chi connectivity index (χ2n) is 5.19. The van der Waals surface area contributed by atoms with Crippen molar-refractivity contribution < 1.29 is 27.5 Å². The van der Waals surface area contributed by atoms with Crippen LogP contribution in [0.1, 0.15) is 32.6 Å². The number of halogens is 4. The Morgan fingerprint density at radius 2 is 1.78 bits per heavy atom. The highest BCUT2D eigenvalue weighted by molar-refractivity contribution is 5.98. The Labute approximate surface area is 128 Å². The summed E-state index contributed by atoms with van der Waals surface area (Å²) in [5.74, 6) is -1.76. The van der Waals surface area contributed by atoms with Crippen LogP contribution < -0.4 is 0 Å². The molecule has 118 valence electrons. The van der Waals surface area contributed by atoms with Gasteiger partial charge in [-0.2, -0.15) is 13.2 Å². The number of carbonyl (C=O) groups is 1. The molecular formula is C17H10F4O2. The largest absolute Gasteiger partial charge is 0.478 e. The molecule has 0 radical (unpaired) electrons. The molecule has 0 aliphatic heterocycles. The van der Waals surface area contributed by atoms with E-state index in [4.69, 9.17) is 0 Å². The maximum atomic E-state index is 13.3. The van der Waals surface area contributed by atoms with Gasteiger partial charge in [0.2, 0.25) is 0 Å². The molecule has 1 aliphatic carbocycles. The molecule has 0 saturated carbocycles. The lowest BCUT2D eigenvalue weighted by Gasteiger charge is -2.13. The highest BCUT2D eigenvalue weighted by Gasteiger charge is 2.32. The molecule has 0 unspecified atom stereocenters. The number of fused-ring (bicyclic) bond motifs is 1. The van der Waals surface area contributed by atoms with Crippen LogP contribution in [0.4, 0.5) is 17.6 Å². The molecule has 6 heteroatoms. The fourth-order valence-electron chi connectivity index (χ4n) is 2.70. The molecule has 0 bridgehead atoms. The van der Waals surface area contributed by atoms with E-state index in [1.165, 1.54) is 18.2 Å². The second kappa shape index (κ2) is 5.22. The minimum Gasteiger partial charge on any atom is -0.478 e. The van der Waals surface area contributed by atoms with Gasteiger partial charge in [-0.15, -0.1) is 0 Å². The summed E-state index contributed by atoms with van der Waals surface area (Å²) in [6, 6.07) is 6.47. The maximum absolute atomic E-state index is 13.3. The van der Waals surface area contributed by atoms with Gasteiger partial charge < -0.3 is 5.11 Å². The standard InChI is InChI=1S/C17H10F4O2/c18-11-3-6-12-9(7-11)1-4-13(12)15-8-10(17(19,20)21)2-5-14(15)16(22)23/h2-8H,1H2,(H,22,23). The van der Waals surface area contributed by atoms with Crippen LogP contribution in [0.25, 0.3) is 5.57 Å². The summed E-state index contributed by atoms with van der Waals surface area (Å²) in [5, 5.41) is 9.24. The van der Waals surface area contributed by atoms with Crippen molar-refractivity contribution in [2.45, 2.75) is 12.6 Å². The van der Waals surface area contributed by atoms with Crippen LogP contribution in [0.2, 0.25) is 0 Å². The third-order valence-corrected chi connectivity index (χ3v) is 3.75. The Morgan fingerprint density at radius 3 is 2.43 bits per heavy atom. The van der Waals surface area contributed by atoms with Crippen molar-refractivity contribution in [2.75, 3.05) is 0 Å². The van der Waals surface area contributed by atoms with Crippen molar-refractivity contribution in [2.24, 2.45) is 0 Å². The van der Waals surface area contributed by atoms with Crippen LogP contribution >= 0.6 is 0 Å². The molecule has 2 aromatic carbocycles. The van der Waals surface area contributed by atoms with E-state index in [1.807, 2.05) is 0 Å². The highest BCUT2D eigenvalue weighted by Crippen LogP contribution is 2.38. The quantitative estimate of drug-likeness (QED) is 0.825. The normalized spacial score (nSPS) is 13.7. The van der Waals surface area contributed by atoms with Crippen molar-refractivity contribution in [3.63, 3.8) is 0 Å². The number of aromatic carboxylic acids is 1. The fourth-order valence-corrected chi connectivity index (χ4v) is 2.70. The van der Waals surface area contributed by atoms with Gasteiger partial charge in [-0.3, -0.25) is 0 Å². The number of benzene rings is 2. The Morgan fingerprint density at radius 1 is 1.04 bits per heavy atom. The average molecular weight is 322 g/mol. The molecule has 0 saturated heterocycles. The molecule has 0 amide bonds. The molecule has 0 heterocycles. The third kappa shape index (κ3) is 2.72. The highest BCUT2D eigenvalue weighted by atomic mass is 19.4. The van der Waals surface area contributed by atoms with Gasteiger partial charge in [-0.25, -0.2) is 9.18 Å². The smallest absolute Gasteiger partial charge is 0.416 e. The number of alkyl halides is 3. The molecule has 0 atom stereocenters. The minimum atomic E-state index is -4.57. The first kappa shape index (κ1) is 15.3. The number of carboxylic acid groups (broad SMARTS) is 1. The van der Waals surface area contributed by atoms with Crippen LogP contribution in [-0.4, -0.2) is 11.1 Å². The molecule has 1 N–H and O–H groups in total. The van der Waals surface area contributed by atoms with Crippen LogP contribution in [0, 0.1) is 5.82 Å². The van der Waals surface area contributed by atoms with Gasteiger partial charge in [-0.05, 0) is 59.0 Å². The van der Waals surface area contributed by atoms with Crippen molar-refractivity contribution in [1.29, 1.82) is 0 Å². The van der Waals surface area contributed by atoms with Gasteiger partial charge in [0.1, 0.15) is 5.82 Å². The molecule has 0 aromatic heterocycles. The summed E-state index contributed by atoms with van der Waals surface area (Å²) in [7, 11) is 0. The Balaban J connectivity index is 2.18. The van der Waals surface area contributed by atoms with Gasteiger partial charge >= 0.3 is 12.1 Å². The van der Waals surface area contributed by atoms with E-state index in [1.54, 1.807) is 6.08 Å². The average Bonchev–Trinajstić information content (AvgIpc) is 2.88. The van der Waals surface area contributed by atoms with Crippen molar-refractivity contribution in [3.05, 3.63) is 76.1 Å². The fraction of sp³-hybridized carbons (Fsp3) is 0.118. The van der Waals surface area contributed by atoms with E-state index >= 15 is 0 Å². The number of allylic oxidation sites excluding steroid dienone is 1. The molecular weight excluding hydrogens is 312 g/mol. The van der Waals surface area contributed by atoms with E-state index in [-0.39, 0.29) is 11.1 Å². The molecule has 0 spiro atoms. The summed E-state index contributed by atoms with van der Waals surface area (Å²) in [4.78, 5) is 11.3. The SMILES string of the molecule is O=C(O)c1ccc(C(F)(F)F)cc1C1=CCc2cc(F)ccc21. The molecule has 3 rings (SSSR count). The molecule has 23 heavy (non-hydrogen) atoms. The predicted molar refractivity (Wildman–Crippen MR) is 75.6 cm³/mol. The summed E-state index contributed by atoms with van der Waals surface area (Å²) < 4.78 is 52.0. The number of hydrogen-bond donors (Lipinski definition) is 1. The third-order valence-electron chi connectivity index (χ3n) is 3.75. The Hall–Kier alpha value is -2.63. The summed E-state index contributed by atoms with van der Waals surface area (Å²) >= 11 is 0. The predicted octanol–water partition coefficient (Wildman–Crippen LogP) is 4.53. The first-order valence-electron chi connectivity index (χ1n) is 6.71. The monoisotopic (exact) mass is 322 g/mol. The first-order chi connectivity index (χ1) is 10.8. The van der Waals surface area contributed by atoms with Gasteiger partial charge in [0.05, 0.1) is 11.1 Å². The van der Waals surface area contributed by atoms with Gasteiger partial charge in [0.15, 0.2) is 0 Å². The first-order valence-corrected chi connectivity index (χ1v) is 6.71. The number of carboxylic acids is 1. The van der Waals surface area contributed by atoms with Gasteiger partial charge in [-0.1, -0.05) is 12.1 Å².